The predicted molar refractivity (Wildman–Crippen MR) is 61.7 cm³/mol. The van der Waals surface area contributed by atoms with Crippen molar-refractivity contribution >= 4 is 11.3 Å². The first kappa shape index (κ1) is 11.4. The Morgan fingerprint density at radius 3 is 3.14 bits per heavy atom. The minimum atomic E-state index is 0.777. The second kappa shape index (κ2) is 7.74. The van der Waals surface area contributed by atoms with Gasteiger partial charge in [0.2, 0.25) is 0 Å². The van der Waals surface area contributed by atoms with Gasteiger partial charge in [0, 0.05) is 18.0 Å². The van der Waals surface area contributed by atoms with Crippen molar-refractivity contribution in [3.05, 3.63) is 35.0 Å². The third-order valence-electron chi connectivity index (χ3n) is 1.77. The molecule has 0 bridgehead atoms. The van der Waals surface area contributed by atoms with Crippen LogP contribution in [0, 0.1) is 0 Å². The molecule has 0 unspecified atom stereocenters. The molecular formula is C11H17NOS. The molecule has 0 saturated heterocycles. The second-order valence-corrected chi connectivity index (χ2v) is 3.98. The molecule has 0 aromatic carbocycles. The number of hydrogen-bond donors (Lipinski definition) is 1. The van der Waals surface area contributed by atoms with Gasteiger partial charge in [0.1, 0.15) is 0 Å². The van der Waals surface area contributed by atoms with Crippen molar-refractivity contribution in [1.82, 2.24) is 5.32 Å². The molecule has 1 heterocycles. The molecule has 0 saturated carbocycles. The van der Waals surface area contributed by atoms with Gasteiger partial charge in [-0.1, -0.05) is 12.1 Å². The molecule has 0 fully saturated rings. The Balaban J connectivity index is 1.87. The fourth-order valence-electron chi connectivity index (χ4n) is 1.04. The van der Waals surface area contributed by atoms with Gasteiger partial charge in [0.15, 0.2) is 0 Å². The molecule has 0 aliphatic heterocycles. The van der Waals surface area contributed by atoms with Crippen LogP contribution in [0.25, 0.3) is 0 Å². The number of ether oxygens (including phenoxy) is 1. The van der Waals surface area contributed by atoms with Crippen molar-refractivity contribution in [3.8, 4) is 0 Å². The molecule has 1 rings (SSSR count). The fraction of sp³-hybridized carbons (Fsp3) is 0.455. The van der Waals surface area contributed by atoms with Crippen LogP contribution in [0.1, 0.15) is 11.3 Å². The lowest BCUT2D eigenvalue weighted by Crippen LogP contribution is -2.18. The van der Waals surface area contributed by atoms with E-state index in [9.17, 15) is 0 Å². The molecule has 0 atom stereocenters. The van der Waals surface area contributed by atoms with E-state index >= 15 is 0 Å². The van der Waals surface area contributed by atoms with E-state index in [0.717, 1.165) is 32.7 Å². The van der Waals surface area contributed by atoms with Gasteiger partial charge >= 0.3 is 0 Å². The summed E-state index contributed by atoms with van der Waals surface area (Å²) in [5.41, 5.74) is 0. The standard InChI is InChI=1S/C11H17NOS/c1-2-3-7-13-8-6-12-10-11-5-4-9-14-11/h2,4-5,9,12H,1,3,6-8,10H2. The van der Waals surface area contributed by atoms with E-state index in [1.807, 2.05) is 6.08 Å². The van der Waals surface area contributed by atoms with E-state index in [0.29, 0.717) is 0 Å². The van der Waals surface area contributed by atoms with Gasteiger partial charge in [-0.3, -0.25) is 0 Å². The Hall–Kier alpha value is -0.640. The van der Waals surface area contributed by atoms with Gasteiger partial charge in [-0.2, -0.15) is 0 Å². The lowest BCUT2D eigenvalue weighted by Gasteiger charge is -2.03. The highest BCUT2D eigenvalue weighted by atomic mass is 32.1. The summed E-state index contributed by atoms with van der Waals surface area (Å²) < 4.78 is 5.36. The van der Waals surface area contributed by atoms with Gasteiger partial charge in [-0.05, 0) is 17.9 Å². The lowest BCUT2D eigenvalue weighted by molar-refractivity contribution is 0.140. The fourth-order valence-corrected chi connectivity index (χ4v) is 1.71. The number of nitrogens with one attached hydrogen (secondary N) is 1. The summed E-state index contributed by atoms with van der Waals surface area (Å²) in [6.45, 7) is 7.05. The van der Waals surface area contributed by atoms with Crippen LogP contribution in [0.5, 0.6) is 0 Å². The SMILES string of the molecule is C=CCCOCCNCc1cccs1. The first-order chi connectivity index (χ1) is 6.93. The number of rotatable bonds is 8. The Kier molecular flexibility index (Phi) is 6.32. The predicted octanol–water partition coefficient (Wildman–Crippen LogP) is 2.43. The average molecular weight is 211 g/mol. The topological polar surface area (TPSA) is 21.3 Å². The molecule has 0 amide bonds. The van der Waals surface area contributed by atoms with Crippen LogP contribution >= 0.6 is 11.3 Å². The Morgan fingerprint density at radius 2 is 2.43 bits per heavy atom. The van der Waals surface area contributed by atoms with Gasteiger partial charge in [0.05, 0.1) is 13.2 Å². The van der Waals surface area contributed by atoms with Gasteiger partial charge in [0.25, 0.3) is 0 Å². The van der Waals surface area contributed by atoms with Crippen molar-refractivity contribution in [1.29, 1.82) is 0 Å². The van der Waals surface area contributed by atoms with Crippen LogP contribution in [0.4, 0.5) is 0 Å². The first-order valence-electron chi connectivity index (χ1n) is 4.85. The van der Waals surface area contributed by atoms with E-state index in [1.165, 1.54) is 4.88 Å². The van der Waals surface area contributed by atoms with Crippen LogP contribution in [-0.2, 0) is 11.3 Å². The zero-order valence-corrected chi connectivity index (χ0v) is 9.19. The molecule has 2 nitrogen and oxygen atoms in total. The third kappa shape index (κ3) is 5.17. The van der Waals surface area contributed by atoms with E-state index in [4.69, 9.17) is 4.74 Å². The molecule has 14 heavy (non-hydrogen) atoms. The van der Waals surface area contributed by atoms with E-state index in [-0.39, 0.29) is 0 Å². The van der Waals surface area contributed by atoms with Crippen LogP contribution in [-0.4, -0.2) is 19.8 Å². The maximum absolute atomic E-state index is 5.36. The highest BCUT2D eigenvalue weighted by Gasteiger charge is 1.92. The highest BCUT2D eigenvalue weighted by Crippen LogP contribution is 2.06. The quantitative estimate of drug-likeness (QED) is 0.527. The van der Waals surface area contributed by atoms with Crippen LogP contribution in [0.15, 0.2) is 30.2 Å². The maximum atomic E-state index is 5.36. The second-order valence-electron chi connectivity index (χ2n) is 2.95. The zero-order valence-electron chi connectivity index (χ0n) is 8.37. The third-order valence-corrected chi connectivity index (χ3v) is 2.65. The van der Waals surface area contributed by atoms with E-state index < -0.39 is 0 Å². The molecule has 1 aromatic rings. The van der Waals surface area contributed by atoms with Crippen molar-refractivity contribution in [2.75, 3.05) is 19.8 Å². The normalized spacial score (nSPS) is 10.3. The van der Waals surface area contributed by atoms with Crippen LogP contribution in [0.2, 0.25) is 0 Å². The van der Waals surface area contributed by atoms with Gasteiger partial charge in [-0.15, -0.1) is 17.9 Å². The summed E-state index contributed by atoms with van der Waals surface area (Å²) in [6, 6.07) is 4.21. The summed E-state index contributed by atoms with van der Waals surface area (Å²) in [7, 11) is 0. The highest BCUT2D eigenvalue weighted by molar-refractivity contribution is 7.09. The summed E-state index contributed by atoms with van der Waals surface area (Å²) in [5, 5.41) is 5.42. The lowest BCUT2D eigenvalue weighted by atomic mass is 10.4. The largest absolute Gasteiger partial charge is 0.380 e. The molecule has 0 aliphatic carbocycles. The molecule has 1 aromatic heterocycles. The van der Waals surface area contributed by atoms with Crippen molar-refractivity contribution < 1.29 is 4.74 Å². The summed E-state index contributed by atoms with van der Waals surface area (Å²) in [4.78, 5) is 1.37. The summed E-state index contributed by atoms with van der Waals surface area (Å²) >= 11 is 1.78. The Bertz CT molecular complexity index is 233. The maximum Gasteiger partial charge on any atom is 0.0591 e. The van der Waals surface area contributed by atoms with Crippen LogP contribution < -0.4 is 5.32 Å². The van der Waals surface area contributed by atoms with E-state index in [2.05, 4.69) is 29.4 Å². The number of hydrogen-bond acceptors (Lipinski definition) is 3. The molecule has 0 aliphatic rings. The monoisotopic (exact) mass is 211 g/mol. The van der Waals surface area contributed by atoms with Crippen LogP contribution in [0.3, 0.4) is 0 Å². The van der Waals surface area contributed by atoms with E-state index in [1.54, 1.807) is 11.3 Å². The Labute approximate surface area is 89.6 Å². The molecule has 0 radical (unpaired) electrons. The molecule has 1 N–H and O–H groups in total. The average Bonchev–Trinajstić information content (AvgIpc) is 2.69. The smallest absolute Gasteiger partial charge is 0.0591 e. The number of thiophene rings is 1. The zero-order chi connectivity index (χ0) is 10.1. The molecule has 0 spiro atoms. The van der Waals surface area contributed by atoms with Crippen molar-refractivity contribution in [2.45, 2.75) is 13.0 Å². The minimum Gasteiger partial charge on any atom is -0.380 e. The summed E-state index contributed by atoms with van der Waals surface area (Å²) in [6.07, 6.45) is 2.81. The van der Waals surface area contributed by atoms with Gasteiger partial charge < -0.3 is 10.1 Å². The molecule has 3 heteroatoms. The summed E-state index contributed by atoms with van der Waals surface area (Å²) in [5.74, 6) is 0. The van der Waals surface area contributed by atoms with Gasteiger partial charge in [-0.25, -0.2) is 0 Å². The first-order valence-corrected chi connectivity index (χ1v) is 5.73. The molecule has 78 valence electrons. The molecular weight excluding hydrogens is 194 g/mol. The minimum absolute atomic E-state index is 0.777. The Morgan fingerprint density at radius 1 is 1.50 bits per heavy atom. The van der Waals surface area contributed by atoms with Crippen molar-refractivity contribution in [3.63, 3.8) is 0 Å². The van der Waals surface area contributed by atoms with Crippen molar-refractivity contribution in [2.24, 2.45) is 0 Å².